The molecule has 0 saturated carbocycles. The van der Waals surface area contributed by atoms with Crippen LogP contribution in [0.2, 0.25) is 0 Å². The zero-order valence-corrected chi connectivity index (χ0v) is 10.4. The fourth-order valence-corrected chi connectivity index (χ4v) is 2.07. The first-order chi connectivity index (χ1) is 7.57. The van der Waals surface area contributed by atoms with Crippen LogP contribution in [0.25, 0.3) is 0 Å². The van der Waals surface area contributed by atoms with Gasteiger partial charge in [-0.25, -0.2) is 0 Å². The van der Waals surface area contributed by atoms with E-state index in [0.717, 1.165) is 5.56 Å². The number of ether oxygens (including phenoxy) is 1. The summed E-state index contributed by atoms with van der Waals surface area (Å²) in [7, 11) is 1.67. The van der Waals surface area contributed by atoms with Crippen molar-refractivity contribution in [2.75, 3.05) is 7.11 Å². The second-order valence-electron chi connectivity index (χ2n) is 4.46. The molecule has 2 atom stereocenters. The summed E-state index contributed by atoms with van der Waals surface area (Å²) in [6, 6.07) is 9.39. The van der Waals surface area contributed by atoms with E-state index in [0.29, 0.717) is 5.92 Å². The lowest BCUT2D eigenvalue weighted by Crippen LogP contribution is -2.32. The summed E-state index contributed by atoms with van der Waals surface area (Å²) in [5.74, 6) is 0.390. The van der Waals surface area contributed by atoms with Crippen LogP contribution in [0.15, 0.2) is 30.3 Å². The van der Waals surface area contributed by atoms with Crippen molar-refractivity contribution in [2.24, 2.45) is 11.8 Å². The molecule has 0 fully saturated rings. The first-order valence-electron chi connectivity index (χ1n) is 5.70. The highest BCUT2D eigenvalue weighted by molar-refractivity contribution is 5.97. The van der Waals surface area contributed by atoms with Crippen molar-refractivity contribution in [3.05, 3.63) is 35.9 Å². The molecule has 0 aromatic heterocycles. The number of carbonyl (C=O) groups is 1. The highest BCUT2D eigenvalue weighted by Crippen LogP contribution is 2.20. The Kier molecular flexibility index (Phi) is 4.69. The Morgan fingerprint density at radius 3 is 2.12 bits per heavy atom. The van der Waals surface area contributed by atoms with Gasteiger partial charge in [-0.1, -0.05) is 51.1 Å². The largest absolute Gasteiger partial charge is 0.380 e. The number of hydrogen-bond acceptors (Lipinski definition) is 2. The number of hydrogen-bond donors (Lipinski definition) is 0. The molecule has 0 saturated heterocycles. The average Bonchev–Trinajstić information content (AvgIpc) is 2.29. The Balaban J connectivity index is 2.81. The standard InChI is InChI=1S/C14H20O2/c1-10(2)14(16-4)11(3)13(15)12-8-6-5-7-9-12/h5-11,14H,1-4H3/t11-,14-/m0/s1. The van der Waals surface area contributed by atoms with Gasteiger partial charge in [-0.15, -0.1) is 0 Å². The van der Waals surface area contributed by atoms with Gasteiger partial charge in [0, 0.05) is 18.6 Å². The molecule has 0 bridgehead atoms. The SMILES string of the molecule is CO[C@@H](C(C)C)[C@@H](C)C(=O)c1ccccc1. The van der Waals surface area contributed by atoms with Gasteiger partial charge < -0.3 is 4.74 Å². The average molecular weight is 220 g/mol. The molecular weight excluding hydrogens is 200 g/mol. The van der Waals surface area contributed by atoms with Crippen LogP contribution in [0, 0.1) is 11.8 Å². The zero-order chi connectivity index (χ0) is 12.1. The summed E-state index contributed by atoms with van der Waals surface area (Å²) >= 11 is 0. The first-order valence-corrected chi connectivity index (χ1v) is 5.70. The quantitative estimate of drug-likeness (QED) is 0.712. The van der Waals surface area contributed by atoms with Crippen molar-refractivity contribution < 1.29 is 9.53 Å². The lowest BCUT2D eigenvalue weighted by Gasteiger charge is -2.25. The van der Waals surface area contributed by atoms with Crippen molar-refractivity contribution in [3.63, 3.8) is 0 Å². The van der Waals surface area contributed by atoms with E-state index in [1.54, 1.807) is 7.11 Å². The topological polar surface area (TPSA) is 26.3 Å². The molecule has 0 N–H and O–H groups in total. The van der Waals surface area contributed by atoms with E-state index < -0.39 is 0 Å². The third-order valence-electron chi connectivity index (χ3n) is 2.89. The van der Waals surface area contributed by atoms with Crippen LogP contribution in [0.5, 0.6) is 0 Å². The minimum absolute atomic E-state index is 0.0206. The summed E-state index contributed by atoms with van der Waals surface area (Å²) in [4.78, 5) is 12.2. The second-order valence-corrected chi connectivity index (χ2v) is 4.46. The van der Waals surface area contributed by atoms with E-state index in [1.807, 2.05) is 37.3 Å². The highest BCUT2D eigenvalue weighted by atomic mass is 16.5. The Bertz CT molecular complexity index is 330. The molecular formula is C14H20O2. The molecule has 0 heterocycles. The minimum atomic E-state index is -0.104. The number of benzene rings is 1. The molecule has 0 aliphatic heterocycles. The summed E-state index contributed by atoms with van der Waals surface area (Å²) in [6.45, 7) is 6.08. The van der Waals surface area contributed by atoms with Crippen molar-refractivity contribution in [3.8, 4) is 0 Å². The number of Topliss-reactive ketones (excluding diaryl/α,β-unsaturated/α-hetero) is 1. The monoisotopic (exact) mass is 220 g/mol. The summed E-state index contributed by atoms with van der Waals surface area (Å²) in [5, 5.41) is 0. The van der Waals surface area contributed by atoms with E-state index in [9.17, 15) is 4.79 Å². The first kappa shape index (κ1) is 12.9. The molecule has 2 heteroatoms. The van der Waals surface area contributed by atoms with Gasteiger partial charge >= 0.3 is 0 Å². The summed E-state index contributed by atoms with van der Waals surface area (Å²) in [5.41, 5.74) is 0.762. The van der Waals surface area contributed by atoms with Crippen LogP contribution >= 0.6 is 0 Å². The molecule has 0 spiro atoms. The van der Waals surface area contributed by atoms with Crippen LogP contribution in [-0.2, 0) is 4.74 Å². The van der Waals surface area contributed by atoms with E-state index >= 15 is 0 Å². The van der Waals surface area contributed by atoms with Crippen molar-refractivity contribution in [1.29, 1.82) is 0 Å². The van der Waals surface area contributed by atoms with Gasteiger partial charge in [0.05, 0.1) is 6.10 Å². The third kappa shape index (κ3) is 2.92. The maximum atomic E-state index is 12.2. The van der Waals surface area contributed by atoms with Crippen LogP contribution in [0.1, 0.15) is 31.1 Å². The smallest absolute Gasteiger partial charge is 0.168 e. The fourth-order valence-electron chi connectivity index (χ4n) is 2.07. The lowest BCUT2D eigenvalue weighted by molar-refractivity contribution is 0.0234. The summed E-state index contributed by atoms with van der Waals surface area (Å²) < 4.78 is 5.40. The fraction of sp³-hybridized carbons (Fsp3) is 0.500. The van der Waals surface area contributed by atoms with Gasteiger partial charge in [0.2, 0.25) is 0 Å². The van der Waals surface area contributed by atoms with Gasteiger partial charge in [0.1, 0.15) is 0 Å². The highest BCUT2D eigenvalue weighted by Gasteiger charge is 2.26. The predicted molar refractivity (Wildman–Crippen MR) is 65.6 cm³/mol. The maximum Gasteiger partial charge on any atom is 0.168 e. The van der Waals surface area contributed by atoms with Crippen molar-refractivity contribution in [2.45, 2.75) is 26.9 Å². The maximum absolute atomic E-state index is 12.2. The predicted octanol–water partition coefficient (Wildman–Crippen LogP) is 3.18. The van der Waals surface area contributed by atoms with Gasteiger partial charge in [0.15, 0.2) is 5.78 Å². The molecule has 1 aromatic rings. The van der Waals surface area contributed by atoms with Gasteiger partial charge in [0.25, 0.3) is 0 Å². The van der Waals surface area contributed by atoms with Crippen LogP contribution < -0.4 is 0 Å². The molecule has 0 amide bonds. The van der Waals surface area contributed by atoms with Crippen molar-refractivity contribution in [1.82, 2.24) is 0 Å². The normalized spacial score (nSPS) is 14.8. The lowest BCUT2D eigenvalue weighted by atomic mass is 9.88. The second kappa shape index (κ2) is 5.80. The molecule has 0 aliphatic rings. The van der Waals surface area contributed by atoms with E-state index in [2.05, 4.69) is 13.8 Å². The van der Waals surface area contributed by atoms with Crippen LogP contribution in [0.3, 0.4) is 0 Å². The molecule has 88 valence electrons. The summed E-state index contributed by atoms with van der Waals surface area (Å²) in [6.07, 6.45) is -0.0206. The molecule has 1 aromatic carbocycles. The Hall–Kier alpha value is -1.15. The van der Waals surface area contributed by atoms with Crippen LogP contribution in [-0.4, -0.2) is 19.0 Å². The number of methoxy groups -OCH3 is 1. The molecule has 2 nitrogen and oxygen atoms in total. The third-order valence-corrected chi connectivity index (χ3v) is 2.89. The van der Waals surface area contributed by atoms with Crippen molar-refractivity contribution >= 4 is 5.78 Å². The Morgan fingerprint density at radius 2 is 1.69 bits per heavy atom. The van der Waals surface area contributed by atoms with E-state index in [4.69, 9.17) is 4.74 Å². The molecule has 0 aliphatic carbocycles. The molecule has 1 rings (SSSR count). The molecule has 16 heavy (non-hydrogen) atoms. The minimum Gasteiger partial charge on any atom is -0.380 e. The number of carbonyl (C=O) groups excluding carboxylic acids is 1. The Morgan fingerprint density at radius 1 is 1.12 bits per heavy atom. The molecule has 0 unspecified atom stereocenters. The molecule has 0 radical (unpaired) electrons. The van der Waals surface area contributed by atoms with E-state index in [1.165, 1.54) is 0 Å². The number of rotatable bonds is 5. The van der Waals surface area contributed by atoms with Crippen LogP contribution in [0.4, 0.5) is 0 Å². The van der Waals surface area contributed by atoms with Gasteiger partial charge in [-0.05, 0) is 5.92 Å². The zero-order valence-electron chi connectivity index (χ0n) is 10.4. The Labute approximate surface area is 97.6 Å². The van der Waals surface area contributed by atoms with E-state index in [-0.39, 0.29) is 17.8 Å². The number of ketones is 1. The van der Waals surface area contributed by atoms with Gasteiger partial charge in [-0.3, -0.25) is 4.79 Å². The van der Waals surface area contributed by atoms with Gasteiger partial charge in [-0.2, -0.15) is 0 Å².